The molecular formula is C20H25N3O5S. The maximum atomic E-state index is 12.3. The van der Waals surface area contributed by atoms with Crippen LogP contribution in [-0.4, -0.2) is 47.6 Å². The minimum atomic E-state index is -3.66. The molecule has 0 unspecified atom stereocenters. The molecule has 9 heteroatoms. The zero-order chi connectivity index (χ0) is 21.6. The summed E-state index contributed by atoms with van der Waals surface area (Å²) in [5, 5.41) is 3.91. The third-order valence-electron chi connectivity index (χ3n) is 4.14. The van der Waals surface area contributed by atoms with E-state index in [9.17, 15) is 13.2 Å². The second-order valence-electron chi connectivity index (χ2n) is 6.46. The van der Waals surface area contributed by atoms with Crippen molar-refractivity contribution in [2.24, 2.45) is 5.10 Å². The normalized spacial score (nSPS) is 11.3. The van der Waals surface area contributed by atoms with E-state index < -0.39 is 22.5 Å². The van der Waals surface area contributed by atoms with Crippen molar-refractivity contribution >= 4 is 27.8 Å². The second-order valence-corrected chi connectivity index (χ2v) is 8.37. The molecule has 0 saturated heterocycles. The number of hydrazone groups is 1. The molecule has 29 heavy (non-hydrogen) atoms. The Balaban J connectivity index is 2.16. The van der Waals surface area contributed by atoms with Crippen molar-refractivity contribution in [2.75, 3.05) is 31.3 Å². The van der Waals surface area contributed by atoms with E-state index in [0.717, 1.165) is 21.7 Å². The highest BCUT2D eigenvalue weighted by Gasteiger charge is 2.22. The van der Waals surface area contributed by atoms with E-state index in [1.807, 2.05) is 13.0 Å². The van der Waals surface area contributed by atoms with Gasteiger partial charge in [0.05, 0.1) is 32.4 Å². The Morgan fingerprint density at radius 2 is 1.86 bits per heavy atom. The molecule has 2 rings (SSSR count). The average molecular weight is 420 g/mol. The van der Waals surface area contributed by atoms with Gasteiger partial charge in [0.2, 0.25) is 10.0 Å². The molecule has 0 aromatic heterocycles. The zero-order valence-electron chi connectivity index (χ0n) is 17.1. The van der Waals surface area contributed by atoms with Crippen LogP contribution in [0.2, 0.25) is 0 Å². The Bertz CT molecular complexity index is 1020. The van der Waals surface area contributed by atoms with Gasteiger partial charge in [-0.05, 0) is 43.7 Å². The number of sulfonamides is 1. The molecule has 0 saturated carbocycles. The highest BCUT2D eigenvalue weighted by Crippen LogP contribution is 2.24. The first-order valence-corrected chi connectivity index (χ1v) is 10.6. The van der Waals surface area contributed by atoms with Crippen LogP contribution in [0.5, 0.6) is 11.5 Å². The highest BCUT2D eigenvalue weighted by atomic mass is 32.2. The quantitative estimate of drug-likeness (QED) is 0.523. The molecule has 1 amide bonds. The van der Waals surface area contributed by atoms with Crippen molar-refractivity contribution in [3.05, 3.63) is 53.1 Å². The molecule has 0 aliphatic heterocycles. The predicted octanol–water partition coefficient (Wildman–Crippen LogP) is 2.24. The van der Waals surface area contributed by atoms with Gasteiger partial charge >= 0.3 is 0 Å². The molecular weight excluding hydrogens is 394 g/mol. The lowest BCUT2D eigenvalue weighted by Crippen LogP contribution is -2.39. The number of carbonyl (C=O) groups is 1. The first kappa shape index (κ1) is 22.2. The third-order valence-corrected chi connectivity index (χ3v) is 5.26. The van der Waals surface area contributed by atoms with Crippen molar-refractivity contribution < 1.29 is 22.7 Å². The Labute approximate surface area is 171 Å². The maximum absolute atomic E-state index is 12.3. The van der Waals surface area contributed by atoms with Crippen molar-refractivity contribution in [1.29, 1.82) is 0 Å². The first-order chi connectivity index (χ1) is 13.7. The molecule has 8 nitrogen and oxygen atoms in total. The molecule has 0 heterocycles. The molecule has 0 fully saturated rings. The van der Waals surface area contributed by atoms with Crippen LogP contribution in [0.1, 0.15) is 16.7 Å². The van der Waals surface area contributed by atoms with Crippen molar-refractivity contribution in [3.63, 3.8) is 0 Å². The number of benzene rings is 2. The SMILES string of the molecule is COc1ccc(OC)c(/C=N\NC(=O)CN(c2ccc(C)cc2C)S(C)(=O)=O)c1. The van der Waals surface area contributed by atoms with Gasteiger partial charge in [0.15, 0.2) is 0 Å². The number of nitrogens with zero attached hydrogens (tertiary/aromatic N) is 2. The number of amides is 1. The van der Waals surface area contributed by atoms with Gasteiger partial charge in [-0.25, -0.2) is 13.8 Å². The van der Waals surface area contributed by atoms with Crippen molar-refractivity contribution in [2.45, 2.75) is 13.8 Å². The third kappa shape index (κ3) is 5.95. The van der Waals surface area contributed by atoms with Crippen LogP contribution < -0.4 is 19.2 Å². The number of hydrogen-bond acceptors (Lipinski definition) is 6. The summed E-state index contributed by atoms with van der Waals surface area (Å²) in [6, 6.07) is 10.5. The van der Waals surface area contributed by atoms with Gasteiger partial charge in [0.1, 0.15) is 18.0 Å². The van der Waals surface area contributed by atoms with Gasteiger partial charge in [-0.2, -0.15) is 5.10 Å². The Hall–Kier alpha value is -3.07. The molecule has 0 atom stereocenters. The summed E-state index contributed by atoms with van der Waals surface area (Å²) >= 11 is 0. The van der Waals surface area contributed by atoms with E-state index >= 15 is 0 Å². The molecule has 0 aliphatic carbocycles. The predicted molar refractivity (Wildman–Crippen MR) is 113 cm³/mol. The zero-order valence-corrected chi connectivity index (χ0v) is 17.9. The standard InChI is InChI=1S/C20H25N3O5S/c1-14-6-8-18(15(2)10-14)23(29(5,25)26)13-20(24)22-21-12-16-11-17(27-3)7-9-19(16)28-4/h6-12H,13H2,1-5H3,(H,22,24)/b21-12-. The van der Waals surface area contributed by atoms with Crippen molar-refractivity contribution in [3.8, 4) is 11.5 Å². The van der Waals surface area contributed by atoms with Crippen LogP contribution in [0, 0.1) is 13.8 Å². The summed E-state index contributed by atoms with van der Waals surface area (Å²) < 4.78 is 35.9. The minimum absolute atomic E-state index is 0.394. The summed E-state index contributed by atoms with van der Waals surface area (Å²) in [5.41, 5.74) is 5.16. The van der Waals surface area contributed by atoms with Crippen LogP contribution in [0.3, 0.4) is 0 Å². The van der Waals surface area contributed by atoms with Gasteiger partial charge in [0.25, 0.3) is 5.91 Å². The Kier molecular flexibility index (Phi) is 7.22. The number of carbonyl (C=O) groups excluding carboxylic acids is 1. The van der Waals surface area contributed by atoms with E-state index in [4.69, 9.17) is 9.47 Å². The van der Waals surface area contributed by atoms with Crippen LogP contribution in [-0.2, 0) is 14.8 Å². The lowest BCUT2D eigenvalue weighted by atomic mass is 10.1. The number of ether oxygens (including phenoxy) is 2. The number of rotatable bonds is 8. The maximum Gasteiger partial charge on any atom is 0.260 e. The molecule has 156 valence electrons. The summed E-state index contributed by atoms with van der Waals surface area (Å²) in [5.74, 6) is 0.585. The summed E-state index contributed by atoms with van der Waals surface area (Å²) in [6.07, 6.45) is 2.46. The smallest absolute Gasteiger partial charge is 0.260 e. The second kappa shape index (κ2) is 9.42. The summed E-state index contributed by atoms with van der Waals surface area (Å²) in [6.45, 7) is 3.32. The van der Waals surface area contributed by atoms with Gasteiger partial charge in [-0.1, -0.05) is 17.7 Å². The fourth-order valence-corrected chi connectivity index (χ4v) is 3.66. The molecule has 1 N–H and O–H groups in total. The number of hydrogen-bond donors (Lipinski definition) is 1. The van der Waals surface area contributed by atoms with Crippen LogP contribution in [0.4, 0.5) is 5.69 Å². The highest BCUT2D eigenvalue weighted by molar-refractivity contribution is 7.92. The van der Waals surface area contributed by atoms with Gasteiger partial charge in [0, 0.05) is 5.56 Å². The number of methoxy groups -OCH3 is 2. The Morgan fingerprint density at radius 1 is 1.14 bits per heavy atom. The van der Waals surface area contributed by atoms with Crippen LogP contribution in [0.15, 0.2) is 41.5 Å². The minimum Gasteiger partial charge on any atom is -0.497 e. The van der Waals surface area contributed by atoms with E-state index in [0.29, 0.717) is 22.7 Å². The molecule has 0 spiro atoms. The first-order valence-electron chi connectivity index (χ1n) is 8.74. The topological polar surface area (TPSA) is 97.3 Å². The number of anilines is 1. The van der Waals surface area contributed by atoms with E-state index in [1.54, 1.807) is 37.3 Å². The van der Waals surface area contributed by atoms with Gasteiger partial charge in [-0.15, -0.1) is 0 Å². The Morgan fingerprint density at radius 3 is 2.45 bits per heavy atom. The number of nitrogens with one attached hydrogen (secondary N) is 1. The molecule has 2 aromatic rings. The summed E-state index contributed by atoms with van der Waals surface area (Å²) in [7, 11) is -0.603. The lowest BCUT2D eigenvalue weighted by molar-refractivity contribution is -0.119. The lowest BCUT2D eigenvalue weighted by Gasteiger charge is -2.23. The van der Waals surface area contributed by atoms with E-state index in [-0.39, 0.29) is 0 Å². The fraction of sp³-hybridized carbons (Fsp3) is 0.300. The fourth-order valence-electron chi connectivity index (χ4n) is 2.75. The van der Waals surface area contributed by atoms with Crippen LogP contribution in [0.25, 0.3) is 0 Å². The number of aryl methyl sites for hydroxylation is 2. The summed E-state index contributed by atoms with van der Waals surface area (Å²) in [4.78, 5) is 12.3. The molecule has 0 bridgehead atoms. The van der Waals surface area contributed by atoms with E-state index in [2.05, 4.69) is 10.5 Å². The molecule has 0 aliphatic rings. The van der Waals surface area contributed by atoms with Crippen molar-refractivity contribution in [1.82, 2.24) is 5.43 Å². The van der Waals surface area contributed by atoms with E-state index in [1.165, 1.54) is 20.4 Å². The van der Waals surface area contributed by atoms with Gasteiger partial charge in [-0.3, -0.25) is 9.10 Å². The molecule has 2 aromatic carbocycles. The molecule has 0 radical (unpaired) electrons. The van der Waals surface area contributed by atoms with Gasteiger partial charge < -0.3 is 9.47 Å². The average Bonchev–Trinajstić information content (AvgIpc) is 2.65. The monoisotopic (exact) mass is 419 g/mol. The van der Waals surface area contributed by atoms with Crippen LogP contribution >= 0.6 is 0 Å². The largest absolute Gasteiger partial charge is 0.497 e.